The fourth-order valence-corrected chi connectivity index (χ4v) is 2.13. The van der Waals surface area contributed by atoms with Crippen LogP contribution in [0.2, 0.25) is 0 Å². The lowest BCUT2D eigenvalue weighted by Crippen LogP contribution is -2.41. The average Bonchev–Trinajstić information content (AvgIpc) is 2.56. The lowest BCUT2D eigenvalue weighted by molar-refractivity contribution is 0.00578. The molecule has 1 saturated heterocycles. The molecule has 0 aromatic carbocycles. The second kappa shape index (κ2) is 5.44. The van der Waals surface area contributed by atoms with E-state index in [-0.39, 0.29) is 22.7 Å². The van der Waals surface area contributed by atoms with Crippen molar-refractivity contribution in [2.24, 2.45) is 5.73 Å². The molecule has 0 unspecified atom stereocenters. The SMILES string of the molecule is C[C@@H](N)c1c[nH]cc(/C=C/B2OC(C)(C)C(C)(C)O2)c1=O. The first kappa shape index (κ1) is 16.0. The molecular formula is C15H23BN2O3. The van der Waals surface area contributed by atoms with Gasteiger partial charge in [0.2, 0.25) is 0 Å². The lowest BCUT2D eigenvalue weighted by Gasteiger charge is -2.32. The normalized spacial score (nSPS) is 21.9. The molecule has 1 fully saturated rings. The molecule has 2 rings (SSSR count). The van der Waals surface area contributed by atoms with E-state index in [9.17, 15) is 4.79 Å². The number of rotatable bonds is 3. The van der Waals surface area contributed by atoms with Crippen LogP contribution in [-0.2, 0) is 9.31 Å². The van der Waals surface area contributed by atoms with Crippen LogP contribution in [0.5, 0.6) is 0 Å². The number of H-pyrrole nitrogens is 1. The number of hydrogen-bond donors (Lipinski definition) is 2. The van der Waals surface area contributed by atoms with Gasteiger partial charge in [0.25, 0.3) is 0 Å². The second-order valence-electron chi connectivity index (χ2n) is 6.47. The van der Waals surface area contributed by atoms with Crippen LogP contribution >= 0.6 is 0 Å². The minimum atomic E-state index is -0.464. The predicted molar refractivity (Wildman–Crippen MR) is 84.8 cm³/mol. The number of hydrogen-bond acceptors (Lipinski definition) is 4. The van der Waals surface area contributed by atoms with Gasteiger partial charge in [0, 0.05) is 29.6 Å². The van der Waals surface area contributed by atoms with E-state index in [0.29, 0.717) is 11.1 Å². The van der Waals surface area contributed by atoms with Gasteiger partial charge >= 0.3 is 7.12 Å². The van der Waals surface area contributed by atoms with Gasteiger partial charge in [-0.15, -0.1) is 0 Å². The van der Waals surface area contributed by atoms with Crippen molar-refractivity contribution in [2.75, 3.05) is 0 Å². The van der Waals surface area contributed by atoms with Crippen molar-refractivity contribution in [2.45, 2.75) is 51.9 Å². The maximum Gasteiger partial charge on any atom is 0.487 e. The first-order valence-electron chi connectivity index (χ1n) is 7.14. The van der Waals surface area contributed by atoms with Gasteiger partial charge in [0.05, 0.1) is 11.2 Å². The van der Waals surface area contributed by atoms with Crippen molar-refractivity contribution >= 4 is 13.2 Å². The Labute approximate surface area is 125 Å². The third-order valence-electron chi connectivity index (χ3n) is 4.20. The van der Waals surface area contributed by atoms with E-state index in [1.165, 1.54) is 0 Å². The fourth-order valence-electron chi connectivity index (χ4n) is 2.13. The third kappa shape index (κ3) is 3.12. The Morgan fingerprint density at radius 1 is 1.24 bits per heavy atom. The van der Waals surface area contributed by atoms with E-state index < -0.39 is 7.12 Å². The molecule has 2 heterocycles. The van der Waals surface area contributed by atoms with E-state index in [0.717, 1.165) is 0 Å². The molecule has 1 aliphatic heterocycles. The van der Waals surface area contributed by atoms with Crippen LogP contribution in [0.25, 0.3) is 6.08 Å². The standard InChI is InChI=1S/C15H23BN2O3/c1-10(17)12-9-18-8-11(13(12)19)6-7-16-20-14(2,3)15(4,5)21-16/h6-10H,17H2,1-5H3,(H,18,19)/b7-6+/t10-/m1/s1. The smallest absolute Gasteiger partial charge is 0.400 e. The molecule has 21 heavy (non-hydrogen) atoms. The number of pyridine rings is 1. The van der Waals surface area contributed by atoms with Gasteiger partial charge in [-0.25, -0.2) is 0 Å². The van der Waals surface area contributed by atoms with Crippen LogP contribution in [0.4, 0.5) is 0 Å². The van der Waals surface area contributed by atoms with Crippen molar-refractivity contribution in [1.29, 1.82) is 0 Å². The largest absolute Gasteiger partial charge is 0.487 e. The van der Waals surface area contributed by atoms with E-state index >= 15 is 0 Å². The summed E-state index contributed by atoms with van der Waals surface area (Å²) in [5.74, 6) is 1.76. The highest BCUT2D eigenvalue weighted by atomic mass is 16.7. The number of nitrogens with two attached hydrogens (primary N) is 1. The quantitative estimate of drug-likeness (QED) is 0.835. The topological polar surface area (TPSA) is 77.3 Å². The molecule has 1 aromatic heterocycles. The van der Waals surface area contributed by atoms with Gasteiger partial charge < -0.3 is 20.0 Å². The van der Waals surface area contributed by atoms with Gasteiger partial charge in [0.1, 0.15) is 0 Å². The fraction of sp³-hybridized carbons (Fsp3) is 0.533. The maximum atomic E-state index is 12.2. The zero-order chi connectivity index (χ0) is 15.8. The Morgan fingerprint density at radius 2 is 1.81 bits per heavy atom. The number of aromatic amines is 1. The van der Waals surface area contributed by atoms with Crippen molar-refractivity contribution in [3.05, 3.63) is 39.7 Å². The van der Waals surface area contributed by atoms with Crippen LogP contribution in [0.15, 0.2) is 23.2 Å². The number of nitrogens with one attached hydrogen (secondary N) is 1. The Balaban J connectivity index is 2.21. The summed E-state index contributed by atoms with van der Waals surface area (Å²) in [7, 11) is -0.464. The highest BCUT2D eigenvalue weighted by molar-refractivity contribution is 6.52. The van der Waals surface area contributed by atoms with E-state index in [2.05, 4.69) is 4.98 Å². The molecular weight excluding hydrogens is 267 g/mol. The highest BCUT2D eigenvalue weighted by Crippen LogP contribution is 2.36. The van der Waals surface area contributed by atoms with Gasteiger partial charge in [-0.2, -0.15) is 0 Å². The molecule has 5 nitrogen and oxygen atoms in total. The van der Waals surface area contributed by atoms with Crippen LogP contribution < -0.4 is 11.2 Å². The van der Waals surface area contributed by atoms with Crippen molar-refractivity contribution in [1.82, 2.24) is 4.98 Å². The van der Waals surface area contributed by atoms with E-state index in [4.69, 9.17) is 15.0 Å². The monoisotopic (exact) mass is 290 g/mol. The minimum Gasteiger partial charge on any atom is -0.400 e. The van der Waals surface area contributed by atoms with Gasteiger partial charge in [-0.05, 0) is 34.6 Å². The Bertz CT molecular complexity index is 589. The molecule has 1 aliphatic rings. The maximum absolute atomic E-state index is 12.2. The van der Waals surface area contributed by atoms with Crippen LogP contribution in [-0.4, -0.2) is 23.3 Å². The first-order chi connectivity index (χ1) is 9.64. The summed E-state index contributed by atoms with van der Waals surface area (Å²) in [6, 6.07) is -0.307. The molecule has 0 saturated carbocycles. The average molecular weight is 290 g/mol. The Kier molecular flexibility index (Phi) is 4.15. The number of aromatic nitrogens is 1. The summed E-state index contributed by atoms with van der Waals surface area (Å²) in [5, 5.41) is 0. The van der Waals surface area contributed by atoms with Crippen LogP contribution in [0.1, 0.15) is 51.8 Å². The van der Waals surface area contributed by atoms with Crippen LogP contribution in [0, 0.1) is 0 Å². The minimum absolute atomic E-state index is 0.0727. The van der Waals surface area contributed by atoms with Crippen LogP contribution in [0.3, 0.4) is 0 Å². The molecule has 114 valence electrons. The van der Waals surface area contributed by atoms with Gasteiger partial charge in [-0.3, -0.25) is 4.79 Å². The summed E-state index contributed by atoms with van der Waals surface area (Å²) >= 11 is 0. The molecule has 1 aromatic rings. The molecule has 0 bridgehead atoms. The molecule has 0 radical (unpaired) electrons. The molecule has 0 aliphatic carbocycles. The molecule has 6 heteroatoms. The van der Waals surface area contributed by atoms with Crippen molar-refractivity contribution < 1.29 is 9.31 Å². The van der Waals surface area contributed by atoms with E-state index in [1.807, 2.05) is 27.7 Å². The van der Waals surface area contributed by atoms with E-state index in [1.54, 1.807) is 31.4 Å². The molecule has 0 spiro atoms. The third-order valence-corrected chi connectivity index (χ3v) is 4.20. The van der Waals surface area contributed by atoms with Crippen molar-refractivity contribution in [3.8, 4) is 0 Å². The summed E-state index contributed by atoms with van der Waals surface area (Å²) in [6.07, 6.45) is 5.00. The highest BCUT2D eigenvalue weighted by Gasteiger charge is 2.50. The predicted octanol–water partition coefficient (Wildman–Crippen LogP) is 2.04. The first-order valence-corrected chi connectivity index (χ1v) is 7.14. The molecule has 3 N–H and O–H groups in total. The summed E-state index contributed by atoms with van der Waals surface area (Å²) in [5.41, 5.74) is 6.04. The Hall–Kier alpha value is -1.37. The molecule has 1 atom stereocenters. The second-order valence-corrected chi connectivity index (χ2v) is 6.47. The Morgan fingerprint density at radius 3 is 2.33 bits per heavy atom. The summed E-state index contributed by atoms with van der Waals surface area (Å²) in [6.45, 7) is 9.75. The van der Waals surface area contributed by atoms with Gasteiger partial charge in [0.15, 0.2) is 5.43 Å². The lowest BCUT2D eigenvalue weighted by atomic mass is 9.89. The van der Waals surface area contributed by atoms with Gasteiger partial charge in [-0.1, -0.05) is 12.1 Å². The summed E-state index contributed by atoms with van der Waals surface area (Å²) < 4.78 is 11.7. The molecule has 0 amide bonds. The van der Waals surface area contributed by atoms with Crippen molar-refractivity contribution in [3.63, 3.8) is 0 Å². The summed E-state index contributed by atoms with van der Waals surface area (Å²) in [4.78, 5) is 15.2. The zero-order valence-electron chi connectivity index (χ0n) is 13.3. The zero-order valence-corrected chi connectivity index (χ0v) is 13.3.